The molecule has 0 spiro atoms. The second kappa shape index (κ2) is 7.39. The summed E-state index contributed by atoms with van der Waals surface area (Å²) in [6, 6.07) is 14.9. The van der Waals surface area contributed by atoms with Crippen molar-refractivity contribution in [1.29, 1.82) is 0 Å². The number of hydrogen-bond donors (Lipinski definition) is 2. The third kappa shape index (κ3) is 3.72. The minimum atomic E-state index is -0.529. The van der Waals surface area contributed by atoms with E-state index in [9.17, 15) is 9.59 Å². The van der Waals surface area contributed by atoms with Crippen LogP contribution in [-0.2, 0) is 0 Å². The van der Waals surface area contributed by atoms with E-state index >= 15 is 0 Å². The number of benzene rings is 1. The molecule has 1 aromatic carbocycles. The zero-order chi connectivity index (χ0) is 17.6. The molecule has 2 heterocycles. The molecule has 0 saturated heterocycles. The Kier molecular flexibility index (Phi) is 4.84. The number of methoxy groups -OCH3 is 1. The van der Waals surface area contributed by atoms with Crippen LogP contribution in [0, 0.1) is 0 Å². The molecule has 25 heavy (non-hydrogen) atoms. The molecular weight excluding hydrogens is 320 g/mol. The molecule has 1 amide bonds. The van der Waals surface area contributed by atoms with Crippen LogP contribution in [0.1, 0.15) is 27.8 Å². The lowest BCUT2D eigenvalue weighted by molar-refractivity contribution is 0.0935. The SMILES string of the molecule is COc1ccccc1[C@H](NC(=O)c1ccc(=O)[nH]n1)c1ccccn1. The molecule has 7 nitrogen and oxygen atoms in total. The normalized spacial score (nSPS) is 11.6. The van der Waals surface area contributed by atoms with Crippen molar-refractivity contribution in [2.24, 2.45) is 0 Å². The summed E-state index contributed by atoms with van der Waals surface area (Å²) in [6.07, 6.45) is 1.65. The largest absolute Gasteiger partial charge is 0.496 e. The first-order valence-corrected chi connectivity index (χ1v) is 7.59. The van der Waals surface area contributed by atoms with Gasteiger partial charge in [0.05, 0.1) is 12.8 Å². The maximum Gasteiger partial charge on any atom is 0.272 e. The number of rotatable bonds is 5. The van der Waals surface area contributed by atoms with Gasteiger partial charge in [0.15, 0.2) is 0 Å². The first-order valence-electron chi connectivity index (χ1n) is 7.59. The van der Waals surface area contributed by atoms with Gasteiger partial charge in [-0.2, -0.15) is 5.10 Å². The molecule has 1 atom stereocenters. The molecule has 0 aliphatic rings. The Labute approximate surface area is 143 Å². The van der Waals surface area contributed by atoms with Crippen molar-refractivity contribution in [3.05, 3.63) is 88.1 Å². The zero-order valence-electron chi connectivity index (χ0n) is 13.5. The molecule has 3 rings (SSSR count). The van der Waals surface area contributed by atoms with E-state index in [-0.39, 0.29) is 11.3 Å². The Morgan fingerprint density at radius 2 is 1.92 bits per heavy atom. The second-order valence-electron chi connectivity index (χ2n) is 5.21. The monoisotopic (exact) mass is 336 g/mol. The van der Waals surface area contributed by atoms with Gasteiger partial charge >= 0.3 is 0 Å². The molecule has 0 aliphatic carbocycles. The number of aromatic amines is 1. The van der Waals surface area contributed by atoms with Gasteiger partial charge in [-0.25, -0.2) is 5.10 Å². The van der Waals surface area contributed by atoms with Crippen LogP contribution in [0.5, 0.6) is 5.75 Å². The molecule has 2 aromatic heterocycles. The average Bonchev–Trinajstić information content (AvgIpc) is 2.67. The van der Waals surface area contributed by atoms with Crippen molar-refractivity contribution >= 4 is 5.91 Å². The Bertz CT molecular complexity index is 904. The van der Waals surface area contributed by atoms with Gasteiger partial charge in [0, 0.05) is 17.8 Å². The van der Waals surface area contributed by atoms with Gasteiger partial charge in [-0.3, -0.25) is 14.6 Å². The molecule has 0 aliphatic heterocycles. The number of nitrogens with one attached hydrogen (secondary N) is 2. The number of nitrogens with zero attached hydrogens (tertiary/aromatic N) is 2. The maximum absolute atomic E-state index is 12.5. The maximum atomic E-state index is 12.5. The minimum absolute atomic E-state index is 0.107. The van der Waals surface area contributed by atoms with Crippen molar-refractivity contribution in [2.45, 2.75) is 6.04 Å². The van der Waals surface area contributed by atoms with E-state index in [1.165, 1.54) is 12.1 Å². The molecule has 7 heteroatoms. The van der Waals surface area contributed by atoms with Gasteiger partial charge in [-0.05, 0) is 24.3 Å². The molecule has 126 valence electrons. The summed E-state index contributed by atoms with van der Waals surface area (Å²) in [4.78, 5) is 28.0. The van der Waals surface area contributed by atoms with E-state index in [0.29, 0.717) is 11.4 Å². The predicted octanol–water partition coefficient (Wildman–Crippen LogP) is 1.69. The Balaban J connectivity index is 1.98. The van der Waals surface area contributed by atoms with Gasteiger partial charge in [0.25, 0.3) is 11.5 Å². The van der Waals surface area contributed by atoms with Crippen molar-refractivity contribution in [1.82, 2.24) is 20.5 Å². The second-order valence-corrected chi connectivity index (χ2v) is 5.21. The van der Waals surface area contributed by atoms with Crippen molar-refractivity contribution < 1.29 is 9.53 Å². The number of amides is 1. The number of para-hydroxylation sites is 1. The summed E-state index contributed by atoms with van der Waals surface area (Å²) in [5.74, 6) is 0.200. The highest BCUT2D eigenvalue weighted by Gasteiger charge is 2.22. The molecule has 0 radical (unpaired) electrons. The van der Waals surface area contributed by atoms with E-state index < -0.39 is 11.9 Å². The first kappa shape index (κ1) is 16.4. The van der Waals surface area contributed by atoms with E-state index in [2.05, 4.69) is 20.5 Å². The number of aromatic nitrogens is 3. The summed E-state index contributed by atoms with van der Waals surface area (Å²) in [5, 5.41) is 8.90. The van der Waals surface area contributed by atoms with Crippen LogP contribution < -0.4 is 15.6 Å². The van der Waals surface area contributed by atoms with Crippen LogP contribution in [0.3, 0.4) is 0 Å². The Morgan fingerprint density at radius 3 is 2.60 bits per heavy atom. The molecule has 3 aromatic rings. The van der Waals surface area contributed by atoms with Crippen LogP contribution in [-0.4, -0.2) is 28.2 Å². The third-order valence-corrected chi connectivity index (χ3v) is 3.62. The summed E-state index contributed by atoms with van der Waals surface area (Å²) >= 11 is 0. The molecule has 0 fully saturated rings. The van der Waals surface area contributed by atoms with Gasteiger partial charge in [0.2, 0.25) is 0 Å². The zero-order valence-corrected chi connectivity index (χ0v) is 13.5. The van der Waals surface area contributed by atoms with E-state index in [4.69, 9.17) is 4.74 Å². The highest BCUT2D eigenvalue weighted by molar-refractivity contribution is 5.92. The highest BCUT2D eigenvalue weighted by Crippen LogP contribution is 2.29. The van der Waals surface area contributed by atoms with Crippen LogP contribution >= 0.6 is 0 Å². The van der Waals surface area contributed by atoms with Crippen LogP contribution in [0.15, 0.2) is 65.6 Å². The molecule has 2 N–H and O–H groups in total. The highest BCUT2D eigenvalue weighted by atomic mass is 16.5. The molecule has 0 bridgehead atoms. The standard InChI is InChI=1S/C18H16N4O3/c1-25-15-8-3-2-6-12(15)17(13-7-4-5-11-19-13)20-18(24)14-9-10-16(23)22-21-14/h2-11,17H,1H3,(H,20,24)(H,22,23)/t17-/m0/s1. The fourth-order valence-electron chi connectivity index (χ4n) is 2.44. The molecular formula is C18H16N4O3. The Morgan fingerprint density at radius 1 is 1.12 bits per heavy atom. The van der Waals surface area contributed by atoms with Gasteiger partial charge in [-0.15, -0.1) is 0 Å². The number of ether oxygens (including phenoxy) is 1. The Hall–Kier alpha value is -3.48. The number of carbonyl (C=O) groups is 1. The summed E-state index contributed by atoms with van der Waals surface area (Å²) in [7, 11) is 1.57. The topological polar surface area (TPSA) is 97.0 Å². The third-order valence-electron chi connectivity index (χ3n) is 3.62. The summed E-state index contributed by atoms with van der Waals surface area (Å²) in [5.41, 5.74) is 1.16. The predicted molar refractivity (Wildman–Crippen MR) is 91.4 cm³/mol. The number of carbonyl (C=O) groups excluding carboxylic acids is 1. The fraction of sp³-hybridized carbons (Fsp3) is 0.111. The lowest BCUT2D eigenvalue weighted by atomic mass is 10.0. The summed E-state index contributed by atoms with van der Waals surface area (Å²) in [6.45, 7) is 0. The fourth-order valence-corrected chi connectivity index (χ4v) is 2.44. The van der Waals surface area contributed by atoms with E-state index in [0.717, 1.165) is 5.56 Å². The number of H-pyrrole nitrogens is 1. The quantitative estimate of drug-likeness (QED) is 0.739. The minimum Gasteiger partial charge on any atom is -0.496 e. The van der Waals surface area contributed by atoms with Gasteiger partial charge < -0.3 is 10.1 Å². The van der Waals surface area contributed by atoms with Crippen LogP contribution in [0.4, 0.5) is 0 Å². The van der Waals surface area contributed by atoms with E-state index in [1.54, 1.807) is 19.4 Å². The molecule has 0 unspecified atom stereocenters. The lowest BCUT2D eigenvalue weighted by Crippen LogP contribution is -2.31. The van der Waals surface area contributed by atoms with Crippen molar-refractivity contribution in [2.75, 3.05) is 7.11 Å². The van der Waals surface area contributed by atoms with E-state index in [1.807, 2.05) is 36.4 Å². The lowest BCUT2D eigenvalue weighted by Gasteiger charge is -2.20. The number of hydrogen-bond acceptors (Lipinski definition) is 5. The van der Waals surface area contributed by atoms with Crippen LogP contribution in [0.2, 0.25) is 0 Å². The van der Waals surface area contributed by atoms with Gasteiger partial charge in [-0.1, -0.05) is 24.3 Å². The number of pyridine rings is 1. The van der Waals surface area contributed by atoms with Crippen molar-refractivity contribution in [3.63, 3.8) is 0 Å². The van der Waals surface area contributed by atoms with Crippen molar-refractivity contribution in [3.8, 4) is 5.75 Å². The summed E-state index contributed by atoms with van der Waals surface area (Å²) < 4.78 is 5.41. The average molecular weight is 336 g/mol. The molecule has 0 saturated carbocycles. The van der Waals surface area contributed by atoms with Gasteiger partial charge in [0.1, 0.15) is 17.5 Å². The smallest absolute Gasteiger partial charge is 0.272 e. The first-order chi connectivity index (χ1) is 12.2. The van der Waals surface area contributed by atoms with Crippen LogP contribution in [0.25, 0.3) is 0 Å².